The predicted octanol–water partition coefficient (Wildman–Crippen LogP) is 0.587. The minimum atomic E-state index is -0.998. The summed E-state index contributed by atoms with van der Waals surface area (Å²) in [7, 11) is 0. The molecule has 1 amide bonds. The molecule has 1 aromatic heterocycles. The standard InChI is InChI=1S/C9H6F2N2O/c10-7-5-4-6(9(11)13-7)2-1-3-8(12)14/h4-5H,3H2,(H2,12,14). The number of nitrogens with two attached hydrogens (primary N) is 1. The third-order valence-corrected chi connectivity index (χ3v) is 1.30. The van der Waals surface area contributed by atoms with Crippen LogP contribution in [0.4, 0.5) is 8.78 Å². The van der Waals surface area contributed by atoms with E-state index < -0.39 is 17.8 Å². The number of carbonyl (C=O) groups excluding carboxylic acids is 1. The van der Waals surface area contributed by atoms with E-state index in [-0.39, 0.29) is 12.0 Å². The summed E-state index contributed by atoms with van der Waals surface area (Å²) >= 11 is 0. The molecule has 1 aromatic rings. The molecular formula is C9H6F2N2O. The molecule has 0 aromatic carbocycles. The normalized spacial score (nSPS) is 9.00. The van der Waals surface area contributed by atoms with E-state index in [0.29, 0.717) is 0 Å². The zero-order chi connectivity index (χ0) is 10.6. The first-order chi connectivity index (χ1) is 6.59. The quantitative estimate of drug-likeness (QED) is 0.527. The minimum absolute atomic E-state index is 0.0624. The Labute approximate surface area is 78.9 Å². The molecule has 5 heteroatoms. The number of rotatable bonds is 1. The third kappa shape index (κ3) is 2.83. The van der Waals surface area contributed by atoms with Gasteiger partial charge in [0.1, 0.15) is 0 Å². The summed E-state index contributed by atoms with van der Waals surface area (Å²) in [6.45, 7) is 0. The first kappa shape index (κ1) is 10.1. The predicted molar refractivity (Wildman–Crippen MR) is 44.8 cm³/mol. The number of aromatic nitrogens is 1. The van der Waals surface area contributed by atoms with E-state index >= 15 is 0 Å². The lowest BCUT2D eigenvalue weighted by Crippen LogP contribution is -2.08. The molecule has 14 heavy (non-hydrogen) atoms. The summed E-state index contributed by atoms with van der Waals surface area (Å²) in [5.74, 6) is 2.14. The van der Waals surface area contributed by atoms with Crippen molar-refractivity contribution in [2.75, 3.05) is 0 Å². The molecule has 0 spiro atoms. The zero-order valence-corrected chi connectivity index (χ0v) is 7.05. The lowest BCUT2D eigenvalue weighted by molar-refractivity contribution is -0.117. The SMILES string of the molecule is NC(=O)CC#Cc1ccc(F)nc1F. The molecular weight excluding hydrogens is 190 g/mol. The van der Waals surface area contributed by atoms with Gasteiger partial charge in [-0.2, -0.15) is 13.8 Å². The van der Waals surface area contributed by atoms with Gasteiger partial charge in [0.25, 0.3) is 0 Å². The molecule has 1 heterocycles. The lowest BCUT2D eigenvalue weighted by atomic mass is 10.2. The van der Waals surface area contributed by atoms with E-state index in [1.54, 1.807) is 0 Å². The second-order valence-corrected chi connectivity index (χ2v) is 2.42. The van der Waals surface area contributed by atoms with Gasteiger partial charge in [-0.25, -0.2) is 0 Å². The van der Waals surface area contributed by atoms with E-state index in [0.717, 1.165) is 12.1 Å². The van der Waals surface area contributed by atoms with E-state index in [9.17, 15) is 13.6 Å². The van der Waals surface area contributed by atoms with Crippen molar-refractivity contribution in [1.29, 1.82) is 0 Å². The Hall–Kier alpha value is -1.96. The van der Waals surface area contributed by atoms with Gasteiger partial charge in [-0.15, -0.1) is 0 Å². The smallest absolute Gasteiger partial charge is 0.231 e. The van der Waals surface area contributed by atoms with Crippen LogP contribution in [-0.2, 0) is 4.79 Å². The van der Waals surface area contributed by atoms with Crippen molar-refractivity contribution in [2.24, 2.45) is 5.73 Å². The fraction of sp³-hybridized carbons (Fsp3) is 0.111. The molecule has 3 nitrogen and oxygen atoms in total. The average molecular weight is 196 g/mol. The molecule has 0 fully saturated rings. The van der Waals surface area contributed by atoms with Gasteiger partial charge in [0.05, 0.1) is 12.0 Å². The number of halogens is 2. The number of hydrogen-bond donors (Lipinski definition) is 1. The minimum Gasteiger partial charge on any atom is -0.369 e. The Kier molecular flexibility index (Phi) is 3.13. The number of amides is 1. The van der Waals surface area contributed by atoms with Crippen molar-refractivity contribution in [1.82, 2.24) is 4.98 Å². The number of primary amides is 1. The summed E-state index contributed by atoms with van der Waals surface area (Å²) in [6, 6.07) is 2.13. The highest BCUT2D eigenvalue weighted by Crippen LogP contribution is 2.03. The van der Waals surface area contributed by atoms with Gasteiger partial charge >= 0.3 is 0 Å². The fourth-order valence-corrected chi connectivity index (χ4v) is 0.732. The van der Waals surface area contributed by atoms with Crippen molar-refractivity contribution >= 4 is 5.91 Å². The molecule has 0 aliphatic carbocycles. The van der Waals surface area contributed by atoms with Crippen molar-refractivity contribution in [2.45, 2.75) is 6.42 Å². The summed E-state index contributed by atoms with van der Waals surface area (Å²) in [5.41, 5.74) is 4.75. The van der Waals surface area contributed by atoms with Crippen LogP contribution in [0.2, 0.25) is 0 Å². The van der Waals surface area contributed by atoms with Gasteiger partial charge in [0.15, 0.2) is 0 Å². The summed E-state index contributed by atoms with van der Waals surface area (Å²) in [5, 5.41) is 0. The van der Waals surface area contributed by atoms with Crippen molar-refractivity contribution < 1.29 is 13.6 Å². The van der Waals surface area contributed by atoms with Crippen LogP contribution in [-0.4, -0.2) is 10.9 Å². The second kappa shape index (κ2) is 4.33. The van der Waals surface area contributed by atoms with Gasteiger partial charge in [-0.1, -0.05) is 11.8 Å². The maximum atomic E-state index is 12.8. The van der Waals surface area contributed by atoms with Gasteiger partial charge in [-0.05, 0) is 12.1 Å². The van der Waals surface area contributed by atoms with Crippen LogP contribution < -0.4 is 5.73 Å². The monoisotopic (exact) mass is 196 g/mol. The Morgan fingerprint density at radius 3 is 2.79 bits per heavy atom. The third-order valence-electron chi connectivity index (χ3n) is 1.30. The van der Waals surface area contributed by atoms with Crippen LogP contribution in [0.3, 0.4) is 0 Å². The number of nitrogens with zero attached hydrogens (tertiary/aromatic N) is 1. The van der Waals surface area contributed by atoms with Crippen LogP contribution in [0.15, 0.2) is 12.1 Å². The van der Waals surface area contributed by atoms with Crippen LogP contribution in [0.1, 0.15) is 12.0 Å². The van der Waals surface area contributed by atoms with Gasteiger partial charge in [-0.3, -0.25) is 4.79 Å². The molecule has 0 aliphatic rings. The fourth-order valence-electron chi connectivity index (χ4n) is 0.732. The summed E-state index contributed by atoms with van der Waals surface area (Å²) in [6.07, 6.45) is -0.170. The second-order valence-electron chi connectivity index (χ2n) is 2.42. The molecule has 0 saturated carbocycles. The first-order valence-electron chi connectivity index (χ1n) is 3.69. The number of hydrogen-bond acceptors (Lipinski definition) is 2. The highest BCUT2D eigenvalue weighted by molar-refractivity contribution is 5.76. The van der Waals surface area contributed by atoms with Crippen LogP contribution in [0.5, 0.6) is 0 Å². The first-order valence-corrected chi connectivity index (χ1v) is 3.69. The van der Waals surface area contributed by atoms with Crippen molar-refractivity contribution in [3.63, 3.8) is 0 Å². The van der Waals surface area contributed by atoms with Gasteiger partial charge < -0.3 is 5.73 Å². The molecule has 0 radical (unpaired) electrons. The molecule has 72 valence electrons. The largest absolute Gasteiger partial charge is 0.369 e. The molecule has 2 N–H and O–H groups in total. The van der Waals surface area contributed by atoms with E-state index in [4.69, 9.17) is 5.73 Å². The maximum Gasteiger partial charge on any atom is 0.231 e. The van der Waals surface area contributed by atoms with Crippen LogP contribution >= 0.6 is 0 Å². The molecule has 0 saturated heterocycles. The molecule has 0 aliphatic heterocycles. The van der Waals surface area contributed by atoms with Gasteiger partial charge in [0, 0.05) is 0 Å². The van der Waals surface area contributed by atoms with Crippen LogP contribution in [0, 0.1) is 23.7 Å². The Morgan fingerprint density at radius 2 is 2.21 bits per heavy atom. The van der Waals surface area contributed by atoms with E-state index in [1.807, 2.05) is 0 Å². The van der Waals surface area contributed by atoms with Crippen molar-refractivity contribution in [3.05, 3.63) is 29.6 Å². The topological polar surface area (TPSA) is 56.0 Å². The van der Waals surface area contributed by atoms with E-state index in [2.05, 4.69) is 16.8 Å². The van der Waals surface area contributed by atoms with E-state index in [1.165, 1.54) is 0 Å². The Bertz CT molecular complexity index is 421. The number of carbonyl (C=O) groups is 1. The maximum absolute atomic E-state index is 12.8. The zero-order valence-electron chi connectivity index (χ0n) is 7.05. The summed E-state index contributed by atoms with van der Waals surface area (Å²) in [4.78, 5) is 13.2. The molecule has 0 atom stereocenters. The lowest BCUT2D eigenvalue weighted by Gasteiger charge is -1.91. The number of pyridine rings is 1. The molecule has 0 bridgehead atoms. The van der Waals surface area contributed by atoms with Crippen LogP contribution in [0.25, 0.3) is 0 Å². The van der Waals surface area contributed by atoms with Gasteiger partial charge in [0.2, 0.25) is 17.8 Å². The Balaban J connectivity index is 2.85. The Morgan fingerprint density at radius 1 is 1.50 bits per heavy atom. The highest BCUT2D eigenvalue weighted by Gasteiger charge is 2.01. The average Bonchev–Trinajstić information content (AvgIpc) is 2.08. The summed E-state index contributed by atoms with van der Waals surface area (Å²) < 4.78 is 25.1. The molecule has 0 unspecified atom stereocenters. The van der Waals surface area contributed by atoms with Crippen molar-refractivity contribution in [3.8, 4) is 11.8 Å². The molecule has 1 rings (SSSR count). The highest BCUT2D eigenvalue weighted by atomic mass is 19.1.